The molecule has 0 radical (unpaired) electrons. The summed E-state index contributed by atoms with van der Waals surface area (Å²) in [5.41, 5.74) is 0.807. The van der Waals surface area contributed by atoms with Crippen molar-refractivity contribution in [3.63, 3.8) is 0 Å². The van der Waals surface area contributed by atoms with Crippen molar-refractivity contribution in [2.75, 3.05) is 13.7 Å². The molecule has 1 rings (SSSR count). The highest BCUT2D eigenvalue weighted by Crippen LogP contribution is 2.28. The van der Waals surface area contributed by atoms with Crippen LogP contribution in [0.5, 0.6) is 11.5 Å². The van der Waals surface area contributed by atoms with Crippen LogP contribution in [0.2, 0.25) is 0 Å². The first kappa shape index (κ1) is 14.6. The Labute approximate surface area is 110 Å². The molecule has 1 aromatic carbocycles. The van der Waals surface area contributed by atoms with Gasteiger partial charge in [-0.1, -0.05) is 6.07 Å². The largest absolute Gasteiger partial charge is 0.493 e. The third kappa shape index (κ3) is 4.71. The average molecular weight is 266 g/mol. The number of hydrogen-bond acceptors (Lipinski definition) is 6. The number of nitriles is 1. The number of ether oxygens (including phenoxy) is 2. The fourth-order valence-corrected chi connectivity index (χ4v) is 1.42. The monoisotopic (exact) mass is 266 g/mol. The first-order valence-electron chi connectivity index (χ1n) is 5.54. The van der Waals surface area contributed by atoms with Gasteiger partial charge in [0.2, 0.25) is 0 Å². The first-order valence-corrected chi connectivity index (χ1v) is 5.54. The van der Waals surface area contributed by atoms with Gasteiger partial charge in [-0.15, -0.1) is 10.1 Å². The predicted molar refractivity (Wildman–Crippen MR) is 65.3 cm³/mol. The van der Waals surface area contributed by atoms with Crippen molar-refractivity contribution < 1.29 is 19.4 Å². The maximum atomic E-state index is 10.1. The molecular formula is C12H14N2O5. The summed E-state index contributed by atoms with van der Waals surface area (Å²) in [6.07, 6.45) is -0.407. The normalized spacial score (nSPS) is 11.2. The molecule has 0 aliphatic rings. The lowest BCUT2D eigenvalue weighted by molar-refractivity contribution is -0.767. The van der Waals surface area contributed by atoms with E-state index < -0.39 is 11.2 Å². The van der Waals surface area contributed by atoms with E-state index in [2.05, 4.69) is 4.84 Å². The maximum Gasteiger partial charge on any atom is 0.294 e. The minimum Gasteiger partial charge on any atom is -0.493 e. The van der Waals surface area contributed by atoms with Crippen LogP contribution in [0.4, 0.5) is 0 Å². The summed E-state index contributed by atoms with van der Waals surface area (Å²) >= 11 is 0. The van der Waals surface area contributed by atoms with E-state index in [1.807, 2.05) is 6.07 Å². The van der Waals surface area contributed by atoms with Crippen LogP contribution < -0.4 is 9.47 Å². The Morgan fingerprint density at radius 3 is 2.79 bits per heavy atom. The zero-order valence-electron chi connectivity index (χ0n) is 10.7. The molecule has 1 unspecified atom stereocenters. The van der Waals surface area contributed by atoms with Crippen molar-refractivity contribution in [2.45, 2.75) is 19.4 Å². The summed E-state index contributed by atoms with van der Waals surface area (Å²) in [5.74, 6) is 0.920. The van der Waals surface area contributed by atoms with Crippen LogP contribution in [0, 0.1) is 21.4 Å². The third-order valence-electron chi connectivity index (χ3n) is 2.25. The molecular weight excluding hydrogens is 252 g/mol. The average Bonchev–Trinajstić information content (AvgIpc) is 2.36. The highest BCUT2D eigenvalue weighted by Gasteiger charge is 2.11. The van der Waals surface area contributed by atoms with Gasteiger partial charge in [-0.3, -0.25) is 0 Å². The lowest BCUT2D eigenvalue weighted by Gasteiger charge is -2.14. The second kappa shape index (κ2) is 7.06. The lowest BCUT2D eigenvalue weighted by atomic mass is 10.1. The summed E-state index contributed by atoms with van der Waals surface area (Å²) in [6.45, 7) is 1.55. The second-order valence-corrected chi connectivity index (χ2v) is 3.77. The van der Waals surface area contributed by atoms with Gasteiger partial charge in [-0.2, -0.15) is 5.26 Å². The highest BCUT2D eigenvalue weighted by molar-refractivity contribution is 5.43. The van der Waals surface area contributed by atoms with Crippen LogP contribution in [0.15, 0.2) is 18.2 Å². The number of methoxy groups -OCH3 is 1. The molecule has 102 valence electrons. The van der Waals surface area contributed by atoms with Crippen LogP contribution in [0.3, 0.4) is 0 Å². The molecule has 0 heterocycles. The van der Waals surface area contributed by atoms with Crippen molar-refractivity contribution in [3.05, 3.63) is 33.9 Å². The van der Waals surface area contributed by atoms with Crippen LogP contribution in [-0.4, -0.2) is 24.9 Å². The summed E-state index contributed by atoms with van der Waals surface area (Å²) in [4.78, 5) is 14.5. The van der Waals surface area contributed by atoms with Gasteiger partial charge in [0.05, 0.1) is 19.6 Å². The van der Waals surface area contributed by atoms with Gasteiger partial charge in [0.25, 0.3) is 5.09 Å². The number of benzene rings is 1. The molecule has 0 saturated heterocycles. The van der Waals surface area contributed by atoms with Crippen molar-refractivity contribution in [1.82, 2.24) is 0 Å². The minimum absolute atomic E-state index is 0.0228. The van der Waals surface area contributed by atoms with E-state index in [4.69, 9.17) is 14.7 Å². The number of hydrogen-bond donors (Lipinski definition) is 0. The molecule has 0 aliphatic carbocycles. The molecule has 0 saturated carbocycles. The highest BCUT2D eigenvalue weighted by atomic mass is 17.0. The molecule has 0 aromatic heterocycles. The molecule has 0 aliphatic heterocycles. The topological polar surface area (TPSA) is 94.6 Å². The van der Waals surface area contributed by atoms with E-state index in [0.717, 1.165) is 5.56 Å². The third-order valence-corrected chi connectivity index (χ3v) is 2.25. The van der Waals surface area contributed by atoms with Crippen LogP contribution in [-0.2, 0) is 11.3 Å². The van der Waals surface area contributed by atoms with E-state index in [1.165, 1.54) is 14.0 Å². The molecule has 0 bridgehead atoms. The van der Waals surface area contributed by atoms with E-state index in [0.29, 0.717) is 11.5 Å². The molecule has 0 amide bonds. The lowest BCUT2D eigenvalue weighted by Crippen LogP contribution is -2.21. The van der Waals surface area contributed by atoms with Crippen molar-refractivity contribution >= 4 is 0 Å². The first-order chi connectivity index (χ1) is 9.06. The molecule has 19 heavy (non-hydrogen) atoms. The summed E-state index contributed by atoms with van der Waals surface area (Å²) in [7, 11) is 1.48. The molecule has 7 nitrogen and oxygen atoms in total. The Balaban J connectivity index is 2.68. The van der Waals surface area contributed by atoms with E-state index >= 15 is 0 Å². The predicted octanol–water partition coefficient (Wildman–Crippen LogP) is 1.74. The van der Waals surface area contributed by atoms with Crippen LogP contribution >= 0.6 is 0 Å². The summed E-state index contributed by atoms with van der Waals surface area (Å²) in [5, 5.41) is 17.9. The minimum atomic E-state index is -0.860. The Hall–Kier alpha value is -2.49. The van der Waals surface area contributed by atoms with Crippen molar-refractivity contribution in [1.29, 1.82) is 5.26 Å². The Bertz CT molecular complexity index is 483. The molecule has 7 heteroatoms. The van der Waals surface area contributed by atoms with Gasteiger partial charge >= 0.3 is 0 Å². The zero-order chi connectivity index (χ0) is 14.3. The fourth-order valence-electron chi connectivity index (χ4n) is 1.42. The van der Waals surface area contributed by atoms with Gasteiger partial charge in [0, 0.05) is 0 Å². The number of rotatable bonds is 7. The molecule has 0 fully saturated rings. The summed E-state index contributed by atoms with van der Waals surface area (Å²) in [6, 6.07) is 7.12. The Morgan fingerprint density at radius 2 is 2.21 bits per heavy atom. The quantitative estimate of drug-likeness (QED) is 0.551. The maximum absolute atomic E-state index is 10.1. The second-order valence-electron chi connectivity index (χ2n) is 3.77. The Kier molecular flexibility index (Phi) is 5.41. The van der Waals surface area contributed by atoms with Gasteiger partial charge in [0.1, 0.15) is 12.7 Å². The van der Waals surface area contributed by atoms with E-state index in [1.54, 1.807) is 18.2 Å². The van der Waals surface area contributed by atoms with E-state index in [-0.39, 0.29) is 13.0 Å². The molecule has 0 N–H and O–H groups in total. The van der Waals surface area contributed by atoms with E-state index in [9.17, 15) is 10.1 Å². The smallest absolute Gasteiger partial charge is 0.294 e. The van der Waals surface area contributed by atoms with Crippen LogP contribution in [0.25, 0.3) is 0 Å². The SMILES string of the molecule is COc1cc(CC#N)ccc1OCC(C)O[N+](=O)[O-]. The fraction of sp³-hybridized carbons (Fsp3) is 0.417. The van der Waals surface area contributed by atoms with Crippen molar-refractivity contribution in [2.24, 2.45) is 0 Å². The number of nitrogens with zero attached hydrogens (tertiary/aromatic N) is 2. The molecule has 1 aromatic rings. The molecule has 0 spiro atoms. The summed E-state index contributed by atoms with van der Waals surface area (Å²) < 4.78 is 10.5. The standard InChI is InChI=1S/C12H14N2O5/c1-9(19-14(15)16)8-18-11-4-3-10(5-6-13)7-12(11)17-2/h3-4,7,9H,5,8H2,1-2H3. The van der Waals surface area contributed by atoms with Gasteiger partial charge in [0.15, 0.2) is 11.5 Å². The van der Waals surface area contributed by atoms with Gasteiger partial charge in [-0.05, 0) is 24.6 Å². The zero-order valence-corrected chi connectivity index (χ0v) is 10.7. The van der Waals surface area contributed by atoms with Crippen LogP contribution in [0.1, 0.15) is 12.5 Å². The Morgan fingerprint density at radius 1 is 1.47 bits per heavy atom. The van der Waals surface area contributed by atoms with Gasteiger partial charge < -0.3 is 14.3 Å². The van der Waals surface area contributed by atoms with Crippen molar-refractivity contribution in [3.8, 4) is 17.6 Å². The molecule has 1 atom stereocenters. The van der Waals surface area contributed by atoms with Gasteiger partial charge in [-0.25, -0.2) is 0 Å².